The second-order valence-electron chi connectivity index (χ2n) is 4.27. The third-order valence-corrected chi connectivity index (χ3v) is 3.41. The van der Waals surface area contributed by atoms with E-state index in [2.05, 4.69) is 5.32 Å². The second kappa shape index (κ2) is 7.06. The van der Waals surface area contributed by atoms with Crippen LogP contribution in [-0.4, -0.2) is 10.8 Å². The first-order chi connectivity index (χ1) is 10.5. The smallest absolute Gasteiger partial charge is 0.271 e. The van der Waals surface area contributed by atoms with Crippen LogP contribution in [0.1, 0.15) is 5.56 Å². The molecular weight excluding hydrogens is 327 g/mol. The van der Waals surface area contributed by atoms with E-state index in [1.807, 2.05) is 0 Å². The van der Waals surface area contributed by atoms with E-state index in [0.29, 0.717) is 10.6 Å². The van der Waals surface area contributed by atoms with Crippen molar-refractivity contribution in [3.63, 3.8) is 0 Å². The lowest BCUT2D eigenvalue weighted by Gasteiger charge is -2.04. The number of nitrogens with zero attached hydrogens (tertiary/aromatic N) is 1. The van der Waals surface area contributed by atoms with Crippen molar-refractivity contribution in [2.75, 3.05) is 5.32 Å². The fourth-order valence-corrected chi connectivity index (χ4v) is 2.04. The van der Waals surface area contributed by atoms with Crippen LogP contribution in [0.2, 0.25) is 10.0 Å². The zero-order valence-corrected chi connectivity index (χ0v) is 12.6. The van der Waals surface area contributed by atoms with E-state index >= 15 is 0 Å². The maximum atomic E-state index is 11.9. The molecule has 0 spiro atoms. The number of carbonyl (C=O) groups excluding carboxylic acids is 1. The molecule has 0 aliphatic carbocycles. The summed E-state index contributed by atoms with van der Waals surface area (Å²) in [7, 11) is 0. The molecule has 0 saturated carbocycles. The summed E-state index contributed by atoms with van der Waals surface area (Å²) in [4.78, 5) is 22.0. The highest BCUT2D eigenvalue weighted by Gasteiger charge is 2.11. The van der Waals surface area contributed by atoms with Gasteiger partial charge in [0.15, 0.2) is 0 Å². The molecule has 0 saturated heterocycles. The van der Waals surface area contributed by atoms with E-state index in [-0.39, 0.29) is 16.4 Å². The number of benzene rings is 2. The average molecular weight is 337 g/mol. The summed E-state index contributed by atoms with van der Waals surface area (Å²) in [5, 5.41) is 13.9. The van der Waals surface area contributed by atoms with Crippen LogP contribution >= 0.6 is 23.2 Å². The van der Waals surface area contributed by atoms with Crippen LogP contribution in [0.15, 0.2) is 48.5 Å². The molecule has 0 aliphatic heterocycles. The summed E-state index contributed by atoms with van der Waals surface area (Å²) in [6.45, 7) is 0. The summed E-state index contributed by atoms with van der Waals surface area (Å²) in [5.41, 5.74) is 0.698. The number of nitrogens with one attached hydrogen (secondary N) is 1. The second-order valence-corrected chi connectivity index (χ2v) is 5.08. The van der Waals surface area contributed by atoms with Crippen LogP contribution in [0.25, 0.3) is 6.08 Å². The van der Waals surface area contributed by atoms with Crippen LogP contribution in [-0.2, 0) is 4.79 Å². The monoisotopic (exact) mass is 336 g/mol. The summed E-state index contributed by atoms with van der Waals surface area (Å²) >= 11 is 11.9. The van der Waals surface area contributed by atoms with Gasteiger partial charge in [0.2, 0.25) is 5.91 Å². The number of hydrogen-bond donors (Lipinski definition) is 1. The number of hydrogen-bond acceptors (Lipinski definition) is 3. The maximum absolute atomic E-state index is 11.9. The van der Waals surface area contributed by atoms with Gasteiger partial charge >= 0.3 is 0 Å². The van der Waals surface area contributed by atoms with Crippen molar-refractivity contribution in [3.05, 3.63) is 74.3 Å². The van der Waals surface area contributed by atoms with Crippen molar-refractivity contribution in [1.82, 2.24) is 0 Å². The van der Waals surface area contributed by atoms with Crippen LogP contribution in [0.5, 0.6) is 0 Å². The zero-order valence-electron chi connectivity index (χ0n) is 11.1. The fraction of sp³-hybridized carbons (Fsp3) is 0. The van der Waals surface area contributed by atoms with Crippen LogP contribution in [0, 0.1) is 10.1 Å². The van der Waals surface area contributed by atoms with Gasteiger partial charge < -0.3 is 5.32 Å². The number of carbonyl (C=O) groups is 1. The third kappa shape index (κ3) is 4.07. The van der Waals surface area contributed by atoms with Gasteiger partial charge in [0.25, 0.3) is 5.69 Å². The molecule has 0 fully saturated rings. The molecule has 0 bridgehead atoms. The van der Waals surface area contributed by atoms with E-state index < -0.39 is 10.8 Å². The predicted molar refractivity (Wildman–Crippen MR) is 87.2 cm³/mol. The third-order valence-electron chi connectivity index (χ3n) is 2.74. The number of amides is 1. The lowest BCUT2D eigenvalue weighted by atomic mass is 10.2. The van der Waals surface area contributed by atoms with E-state index in [0.717, 1.165) is 0 Å². The Balaban J connectivity index is 2.14. The Kier molecular flexibility index (Phi) is 5.14. The molecule has 1 N–H and O–H groups in total. The Bertz CT molecular complexity index is 760. The van der Waals surface area contributed by atoms with Crippen molar-refractivity contribution in [2.45, 2.75) is 0 Å². The Morgan fingerprint density at radius 2 is 1.86 bits per heavy atom. The molecule has 0 radical (unpaired) electrons. The Hall–Kier alpha value is -2.37. The molecule has 2 rings (SSSR count). The molecule has 0 atom stereocenters. The number of nitro benzene ring substituents is 1. The van der Waals surface area contributed by atoms with E-state index in [9.17, 15) is 14.9 Å². The van der Waals surface area contributed by atoms with Crippen molar-refractivity contribution in [1.29, 1.82) is 0 Å². The first-order valence-corrected chi connectivity index (χ1v) is 6.90. The van der Waals surface area contributed by atoms with Gasteiger partial charge in [-0.3, -0.25) is 14.9 Å². The van der Waals surface area contributed by atoms with Gasteiger partial charge in [0.05, 0.1) is 15.6 Å². The summed E-state index contributed by atoms with van der Waals surface area (Å²) in [5.74, 6) is -0.470. The van der Waals surface area contributed by atoms with Gasteiger partial charge in [-0.25, -0.2) is 0 Å². The van der Waals surface area contributed by atoms with E-state index in [1.165, 1.54) is 24.3 Å². The minimum atomic E-state index is -0.564. The number of non-ortho nitro benzene ring substituents is 1. The Labute approximate surface area is 136 Å². The highest BCUT2D eigenvalue weighted by atomic mass is 35.5. The topological polar surface area (TPSA) is 72.2 Å². The number of anilines is 1. The first-order valence-electron chi connectivity index (χ1n) is 6.15. The quantitative estimate of drug-likeness (QED) is 0.505. The molecule has 1 amide bonds. The molecule has 22 heavy (non-hydrogen) atoms. The summed E-state index contributed by atoms with van der Waals surface area (Å²) in [6, 6.07) is 10.8. The Morgan fingerprint density at radius 3 is 2.55 bits per heavy atom. The molecule has 0 unspecified atom stereocenters. The Morgan fingerprint density at radius 1 is 1.14 bits per heavy atom. The van der Waals surface area contributed by atoms with Crippen LogP contribution in [0.3, 0.4) is 0 Å². The summed E-state index contributed by atoms with van der Waals surface area (Å²) in [6.07, 6.45) is 2.82. The minimum absolute atomic E-state index is 0.158. The number of rotatable bonds is 4. The molecule has 2 aromatic carbocycles. The van der Waals surface area contributed by atoms with Crippen molar-refractivity contribution in [2.24, 2.45) is 0 Å². The normalized spacial score (nSPS) is 10.6. The molecule has 0 aliphatic rings. The molecule has 0 aromatic heterocycles. The highest BCUT2D eigenvalue weighted by molar-refractivity contribution is 6.34. The highest BCUT2D eigenvalue weighted by Crippen LogP contribution is 2.26. The lowest BCUT2D eigenvalue weighted by Crippen LogP contribution is -2.08. The zero-order chi connectivity index (χ0) is 16.1. The molecule has 0 heterocycles. The number of halogens is 2. The van der Waals surface area contributed by atoms with Crippen LogP contribution < -0.4 is 5.32 Å². The van der Waals surface area contributed by atoms with E-state index in [1.54, 1.807) is 30.3 Å². The van der Waals surface area contributed by atoms with Crippen molar-refractivity contribution in [3.8, 4) is 0 Å². The average Bonchev–Trinajstić information content (AvgIpc) is 2.48. The van der Waals surface area contributed by atoms with Gasteiger partial charge in [0.1, 0.15) is 0 Å². The lowest BCUT2D eigenvalue weighted by molar-refractivity contribution is -0.384. The van der Waals surface area contributed by atoms with Gasteiger partial charge in [-0.05, 0) is 23.8 Å². The first kappa shape index (κ1) is 16.0. The van der Waals surface area contributed by atoms with Crippen molar-refractivity contribution < 1.29 is 9.72 Å². The van der Waals surface area contributed by atoms with Crippen molar-refractivity contribution >= 4 is 46.6 Å². The number of nitro groups is 1. The largest absolute Gasteiger partial charge is 0.321 e. The van der Waals surface area contributed by atoms with E-state index in [4.69, 9.17) is 23.2 Å². The SMILES string of the molecule is O=C(/C=C/c1ccccc1Cl)Nc1cc([N+](=O)[O-])ccc1Cl. The standard InChI is InChI=1S/C15H10Cl2N2O3/c16-12-4-2-1-3-10(12)5-8-15(20)18-14-9-11(19(21)22)6-7-13(14)17/h1-9H,(H,18,20)/b8-5+. The summed E-state index contributed by atoms with van der Waals surface area (Å²) < 4.78 is 0. The van der Waals surface area contributed by atoms with Gasteiger partial charge in [-0.2, -0.15) is 0 Å². The predicted octanol–water partition coefficient (Wildman–Crippen LogP) is 4.55. The molecule has 2 aromatic rings. The van der Waals surface area contributed by atoms with Gasteiger partial charge in [-0.15, -0.1) is 0 Å². The minimum Gasteiger partial charge on any atom is -0.321 e. The maximum Gasteiger partial charge on any atom is 0.271 e. The van der Waals surface area contributed by atoms with Crippen LogP contribution in [0.4, 0.5) is 11.4 Å². The molecule has 112 valence electrons. The van der Waals surface area contributed by atoms with Gasteiger partial charge in [0, 0.05) is 23.2 Å². The molecule has 7 heteroatoms. The van der Waals surface area contributed by atoms with Gasteiger partial charge in [-0.1, -0.05) is 41.4 Å². The molecular formula is C15H10Cl2N2O3. The fourth-order valence-electron chi connectivity index (χ4n) is 1.67. The molecule has 5 nitrogen and oxygen atoms in total.